The molecule has 1 aliphatic heterocycles. The first-order valence-corrected chi connectivity index (χ1v) is 11.2. The molecule has 3 aromatic carbocycles. The number of rotatable bonds is 5. The minimum Gasteiger partial charge on any atom is -0.324 e. The Morgan fingerprint density at radius 3 is 2.51 bits per heavy atom. The number of fused-ring (bicyclic) bond motifs is 1. The number of nitrogens with zero attached hydrogens (tertiary/aromatic N) is 4. The molecule has 0 spiro atoms. The van der Waals surface area contributed by atoms with Gasteiger partial charge < -0.3 is 5.32 Å². The summed E-state index contributed by atoms with van der Waals surface area (Å²) in [5.41, 5.74) is 2.40. The Morgan fingerprint density at radius 1 is 1.06 bits per heavy atom. The highest BCUT2D eigenvalue weighted by atomic mass is 35.5. The molecule has 4 aromatic rings. The van der Waals surface area contributed by atoms with E-state index in [1.807, 2.05) is 48.5 Å². The number of carbonyl (C=O) groups is 1. The monoisotopic (exact) mass is 506 g/mol. The molecule has 2 heterocycles. The van der Waals surface area contributed by atoms with Crippen molar-refractivity contribution in [2.45, 2.75) is 6.04 Å². The molecule has 0 fully saturated rings. The van der Waals surface area contributed by atoms with E-state index in [1.54, 1.807) is 16.8 Å². The van der Waals surface area contributed by atoms with Crippen LogP contribution in [0, 0.1) is 10.1 Å². The van der Waals surface area contributed by atoms with Crippen LogP contribution < -0.4 is 10.6 Å². The van der Waals surface area contributed by atoms with E-state index >= 15 is 0 Å². The molecule has 0 saturated heterocycles. The fraction of sp³-hybridized carbons (Fsp3) is 0.0417. The molecule has 11 heteroatoms. The number of nitro groups is 1. The molecule has 5 rings (SSSR count). The van der Waals surface area contributed by atoms with Gasteiger partial charge in [-0.2, -0.15) is 4.98 Å². The second kappa shape index (κ2) is 9.21. The first-order valence-electron chi connectivity index (χ1n) is 10.4. The molecule has 174 valence electrons. The summed E-state index contributed by atoms with van der Waals surface area (Å²) in [6.45, 7) is 0. The highest BCUT2D eigenvalue weighted by molar-refractivity contribution is 6.32. The van der Waals surface area contributed by atoms with Crippen molar-refractivity contribution < 1.29 is 9.72 Å². The zero-order chi connectivity index (χ0) is 24.5. The molecule has 9 nitrogen and oxygen atoms in total. The minimum absolute atomic E-state index is 0.0387. The van der Waals surface area contributed by atoms with Crippen molar-refractivity contribution in [1.82, 2.24) is 14.8 Å². The molecule has 0 radical (unpaired) electrons. The van der Waals surface area contributed by atoms with Crippen LogP contribution in [0.25, 0.3) is 5.70 Å². The lowest BCUT2D eigenvalue weighted by molar-refractivity contribution is -0.384. The van der Waals surface area contributed by atoms with Crippen LogP contribution in [0.4, 0.5) is 17.6 Å². The molecule has 1 unspecified atom stereocenters. The SMILES string of the molecule is O=C(Nc1nc2n(n1)C(c1ccc(Cl)cc1)C=C(c1ccccc1)N2)c1ccc(Cl)c([N+](=O)[O-])c1. The van der Waals surface area contributed by atoms with Crippen LogP contribution in [0.15, 0.2) is 78.9 Å². The molecule has 1 aliphatic rings. The molecule has 2 N–H and O–H groups in total. The van der Waals surface area contributed by atoms with Gasteiger partial charge in [-0.15, -0.1) is 5.10 Å². The van der Waals surface area contributed by atoms with Crippen molar-refractivity contribution in [3.05, 3.63) is 116 Å². The smallest absolute Gasteiger partial charge is 0.288 e. The maximum atomic E-state index is 12.8. The van der Waals surface area contributed by atoms with E-state index in [-0.39, 0.29) is 28.3 Å². The summed E-state index contributed by atoms with van der Waals surface area (Å²) >= 11 is 11.9. The zero-order valence-corrected chi connectivity index (χ0v) is 19.4. The molecular weight excluding hydrogens is 491 g/mol. The van der Waals surface area contributed by atoms with E-state index in [9.17, 15) is 14.9 Å². The van der Waals surface area contributed by atoms with Crippen molar-refractivity contribution >= 4 is 52.4 Å². The summed E-state index contributed by atoms with van der Waals surface area (Å²) in [5, 5.41) is 22.1. The molecule has 0 saturated carbocycles. The Balaban J connectivity index is 1.49. The molecule has 35 heavy (non-hydrogen) atoms. The fourth-order valence-corrected chi connectivity index (χ4v) is 4.01. The van der Waals surface area contributed by atoms with E-state index in [1.165, 1.54) is 12.1 Å². The number of hydrogen-bond acceptors (Lipinski definition) is 6. The maximum absolute atomic E-state index is 12.8. The number of carbonyl (C=O) groups excluding carboxylic acids is 1. The number of halogens is 2. The number of hydrogen-bond donors (Lipinski definition) is 2. The summed E-state index contributed by atoms with van der Waals surface area (Å²) in [6, 6.07) is 20.6. The third-order valence-electron chi connectivity index (χ3n) is 5.39. The van der Waals surface area contributed by atoms with Crippen LogP contribution in [-0.2, 0) is 0 Å². The highest BCUT2D eigenvalue weighted by Crippen LogP contribution is 2.34. The third kappa shape index (κ3) is 4.59. The Labute approximate surface area is 209 Å². The Bertz CT molecular complexity index is 1470. The molecule has 0 aliphatic carbocycles. The standard InChI is InChI=1S/C24H16Cl2N6O3/c25-17-9-6-15(7-10-17)20-13-19(14-4-2-1-3-5-14)27-24-29-23(30-31(20)24)28-22(33)16-8-11-18(26)21(12-16)32(34)35/h1-13,20H,(H2,27,28,29,30,33). The number of amides is 1. The van der Waals surface area contributed by atoms with Crippen molar-refractivity contribution in [3.63, 3.8) is 0 Å². The van der Waals surface area contributed by atoms with Crippen LogP contribution >= 0.6 is 23.2 Å². The van der Waals surface area contributed by atoms with Gasteiger partial charge in [0.05, 0.1) is 4.92 Å². The third-order valence-corrected chi connectivity index (χ3v) is 5.96. The predicted molar refractivity (Wildman–Crippen MR) is 134 cm³/mol. The number of nitrogens with one attached hydrogen (secondary N) is 2. The van der Waals surface area contributed by atoms with Crippen LogP contribution in [0.3, 0.4) is 0 Å². The maximum Gasteiger partial charge on any atom is 0.288 e. The average Bonchev–Trinajstić information content (AvgIpc) is 3.27. The average molecular weight is 507 g/mol. The molecule has 0 bridgehead atoms. The van der Waals surface area contributed by atoms with Gasteiger partial charge in [-0.3, -0.25) is 20.2 Å². The summed E-state index contributed by atoms with van der Waals surface area (Å²) < 4.78 is 1.65. The van der Waals surface area contributed by atoms with Gasteiger partial charge in [0.1, 0.15) is 11.1 Å². The van der Waals surface area contributed by atoms with Gasteiger partial charge in [-0.1, -0.05) is 65.7 Å². The topological polar surface area (TPSA) is 115 Å². The molecule has 1 atom stereocenters. The summed E-state index contributed by atoms with van der Waals surface area (Å²) in [5.74, 6) is -0.146. The second-order valence-corrected chi connectivity index (χ2v) is 8.49. The fourth-order valence-electron chi connectivity index (χ4n) is 3.70. The number of nitro benzene ring substituents is 1. The van der Waals surface area contributed by atoms with Crippen LogP contribution in [0.1, 0.15) is 27.5 Å². The van der Waals surface area contributed by atoms with Crippen LogP contribution in [-0.4, -0.2) is 25.6 Å². The molecule has 1 aromatic heterocycles. The van der Waals surface area contributed by atoms with Gasteiger partial charge in [0, 0.05) is 22.3 Å². The Kier molecular flexibility index (Phi) is 5.94. The zero-order valence-electron chi connectivity index (χ0n) is 17.9. The number of anilines is 2. The van der Waals surface area contributed by atoms with E-state index in [2.05, 4.69) is 20.7 Å². The van der Waals surface area contributed by atoms with Gasteiger partial charge in [0.25, 0.3) is 17.5 Å². The predicted octanol–water partition coefficient (Wildman–Crippen LogP) is 5.80. The summed E-state index contributed by atoms with van der Waals surface area (Å²) in [7, 11) is 0. The van der Waals surface area contributed by atoms with Crippen LogP contribution in [0.5, 0.6) is 0 Å². The normalized spacial score (nSPS) is 14.5. The quantitative estimate of drug-likeness (QED) is 0.261. The van der Waals surface area contributed by atoms with E-state index in [0.29, 0.717) is 11.0 Å². The van der Waals surface area contributed by atoms with E-state index < -0.39 is 10.8 Å². The van der Waals surface area contributed by atoms with Gasteiger partial charge >= 0.3 is 0 Å². The summed E-state index contributed by atoms with van der Waals surface area (Å²) in [4.78, 5) is 27.7. The lowest BCUT2D eigenvalue weighted by Gasteiger charge is -2.24. The minimum atomic E-state index is -0.649. The number of benzene rings is 3. The Hall–Kier alpha value is -4.21. The van der Waals surface area contributed by atoms with Gasteiger partial charge in [-0.05, 0) is 41.5 Å². The van der Waals surface area contributed by atoms with Crippen LogP contribution in [0.2, 0.25) is 10.0 Å². The first kappa shape index (κ1) is 22.6. The van der Waals surface area contributed by atoms with Gasteiger partial charge in [-0.25, -0.2) is 4.68 Å². The lowest BCUT2D eigenvalue weighted by Crippen LogP contribution is -2.20. The Morgan fingerprint density at radius 2 is 1.80 bits per heavy atom. The van der Waals surface area contributed by atoms with E-state index in [4.69, 9.17) is 23.2 Å². The number of allylic oxidation sites excluding steroid dienone is 1. The highest BCUT2D eigenvalue weighted by Gasteiger charge is 2.26. The van der Waals surface area contributed by atoms with Crippen molar-refractivity contribution in [2.24, 2.45) is 0 Å². The first-order chi connectivity index (χ1) is 16.9. The number of aromatic nitrogens is 3. The molecular formula is C24H16Cl2N6O3. The summed E-state index contributed by atoms with van der Waals surface area (Å²) in [6.07, 6.45) is 2.01. The van der Waals surface area contributed by atoms with Gasteiger partial charge in [0.2, 0.25) is 5.95 Å². The van der Waals surface area contributed by atoms with Crippen molar-refractivity contribution in [3.8, 4) is 0 Å². The van der Waals surface area contributed by atoms with Crippen molar-refractivity contribution in [2.75, 3.05) is 10.6 Å². The van der Waals surface area contributed by atoms with E-state index in [0.717, 1.165) is 22.9 Å². The largest absolute Gasteiger partial charge is 0.324 e. The second-order valence-electron chi connectivity index (χ2n) is 7.65. The molecule has 1 amide bonds. The lowest BCUT2D eigenvalue weighted by atomic mass is 10.0. The van der Waals surface area contributed by atoms with Gasteiger partial charge in [0.15, 0.2) is 0 Å². The van der Waals surface area contributed by atoms with Crippen molar-refractivity contribution in [1.29, 1.82) is 0 Å².